The lowest BCUT2D eigenvalue weighted by Crippen LogP contribution is -2.40. The minimum Gasteiger partial charge on any atom is -0.480 e. The van der Waals surface area contributed by atoms with Crippen molar-refractivity contribution in [2.45, 2.75) is 31.9 Å². The number of nitrogens with zero attached hydrogens (tertiary/aromatic N) is 2. The smallest absolute Gasteiger partial charge is 0.237 e. The van der Waals surface area contributed by atoms with E-state index < -0.39 is 0 Å². The SMILES string of the molecule is CCOC(C1CC1)C(NN)c1nccnc1OC. The molecule has 1 fully saturated rings. The summed E-state index contributed by atoms with van der Waals surface area (Å²) in [5.41, 5.74) is 3.49. The van der Waals surface area contributed by atoms with Gasteiger partial charge in [-0.15, -0.1) is 0 Å². The van der Waals surface area contributed by atoms with Gasteiger partial charge in [-0.05, 0) is 25.7 Å². The summed E-state index contributed by atoms with van der Waals surface area (Å²) in [6.07, 6.45) is 5.60. The van der Waals surface area contributed by atoms with Gasteiger partial charge < -0.3 is 9.47 Å². The van der Waals surface area contributed by atoms with Crippen LogP contribution in [0.1, 0.15) is 31.5 Å². The van der Waals surface area contributed by atoms with E-state index in [1.165, 1.54) is 12.8 Å². The molecule has 0 amide bonds. The van der Waals surface area contributed by atoms with Crippen LogP contribution in [0.15, 0.2) is 12.4 Å². The monoisotopic (exact) mass is 252 g/mol. The molecule has 2 rings (SSSR count). The first-order valence-corrected chi connectivity index (χ1v) is 6.24. The molecule has 1 aliphatic rings. The van der Waals surface area contributed by atoms with Gasteiger partial charge in [0.2, 0.25) is 5.88 Å². The van der Waals surface area contributed by atoms with E-state index in [4.69, 9.17) is 15.3 Å². The van der Waals surface area contributed by atoms with Gasteiger partial charge in [0.05, 0.1) is 19.3 Å². The molecule has 1 saturated carbocycles. The summed E-state index contributed by atoms with van der Waals surface area (Å²) < 4.78 is 11.0. The van der Waals surface area contributed by atoms with Crippen molar-refractivity contribution in [1.82, 2.24) is 15.4 Å². The first kappa shape index (κ1) is 13.2. The van der Waals surface area contributed by atoms with Crippen molar-refractivity contribution in [3.05, 3.63) is 18.1 Å². The van der Waals surface area contributed by atoms with Gasteiger partial charge in [-0.25, -0.2) is 10.4 Å². The molecule has 1 heterocycles. The largest absolute Gasteiger partial charge is 0.480 e. The fourth-order valence-corrected chi connectivity index (χ4v) is 2.16. The summed E-state index contributed by atoms with van der Waals surface area (Å²) in [4.78, 5) is 8.48. The third kappa shape index (κ3) is 2.77. The summed E-state index contributed by atoms with van der Waals surface area (Å²) in [6.45, 7) is 2.64. The Bertz CT molecular complexity index is 384. The van der Waals surface area contributed by atoms with E-state index in [2.05, 4.69) is 15.4 Å². The summed E-state index contributed by atoms with van der Waals surface area (Å²) in [7, 11) is 1.58. The second kappa shape index (κ2) is 6.08. The second-order valence-electron chi connectivity index (χ2n) is 4.35. The van der Waals surface area contributed by atoms with Gasteiger partial charge in [0.15, 0.2) is 0 Å². The minimum atomic E-state index is -0.193. The Labute approximate surface area is 107 Å². The molecular weight excluding hydrogens is 232 g/mol. The molecule has 0 saturated heterocycles. The Morgan fingerprint density at radius 2 is 2.17 bits per heavy atom. The molecule has 100 valence electrons. The molecule has 6 heteroatoms. The molecule has 1 aromatic heterocycles. The fourth-order valence-electron chi connectivity index (χ4n) is 2.16. The molecule has 2 unspecified atom stereocenters. The van der Waals surface area contributed by atoms with Gasteiger partial charge in [-0.3, -0.25) is 10.8 Å². The van der Waals surface area contributed by atoms with Crippen LogP contribution in [0.25, 0.3) is 0 Å². The van der Waals surface area contributed by atoms with Crippen LogP contribution in [-0.4, -0.2) is 29.8 Å². The molecule has 0 spiro atoms. The first-order chi connectivity index (χ1) is 8.81. The molecule has 0 aromatic carbocycles. The lowest BCUT2D eigenvalue weighted by molar-refractivity contribution is 0.0167. The molecule has 0 bridgehead atoms. The lowest BCUT2D eigenvalue weighted by Gasteiger charge is -2.26. The normalized spacial score (nSPS) is 18.4. The van der Waals surface area contributed by atoms with Crippen molar-refractivity contribution in [3.63, 3.8) is 0 Å². The zero-order valence-electron chi connectivity index (χ0n) is 10.8. The topological polar surface area (TPSA) is 82.3 Å². The van der Waals surface area contributed by atoms with Crippen LogP contribution in [0, 0.1) is 5.92 Å². The van der Waals surface area contributed by atoms with E-state index in [0.717, 1.165) is 0 Å². The van der Waals surface area contributed by atoms with Gasteiger partial charge in [-0.1, -0.05) is 0 Å². The average Bonchev–Trinajstić information content (AvgIpc) is 3.23. The fraction of sp³-hybridized carbons (Fsp3) is 0.667. The highest BCUT2D eigenvalue weighted by Crippen LogP contribution is 2.40. The Balaban J connectivity index is 2.24. The molecule has 0 aliphatic heterocycles. The van der Waals surface area contributed by atoms with Crippen LogP contribution in [0.5, 0.6) is 5.88 Å². The maximum absolute atomic E-state index is 5.81. The van der Waals surface area contributed by atoms with Gasteiger partial charge in [-0.2, -0.15) is 0 Å². The summed E-state index contributed by atoms with van der Waals surface area (Å²) >= 11 is 0. The number of ether oxygens (including phenoxy) is 2. The van der Waals surface area contributed by atoms with Gasteiger partial charge in [0, 0.05) is 19.0 Å². The molecule has 2 atom stereocenters. The van der Waals surface area contributed by atoms with E-state index in [9.17, 15) is 0 Å². The molecule has 1 aliphatic carbocycles. The highest BCUT2D eigenvalue weighted by molar-refractivity contribution is 5.23. The number of nitrogens with two attached hydrogens (primary N) is 1. The summed E-state index contributed by atoms with van der Waals surface area (Å²) in [6, 6.07) is -0.193. The molecule has 1 aromatic rings. The van der Waals surface area contributed by atoms with E-state index in [1.807, 2.05) is 6.92 Å². The third-order valence-electron chi connectivity index (χ3n) is 3.13. The van der Waals surface area contributed by atoms with E-state index >= 15 is 0 Å². The average molecular weight is 252 g/mol. The number of hydrazine groups is 1. The summed E-state index contributed by atoms with van der Waals surface area (Å²) in [5, 5.41) is 0. The lowest BCUT2D eigenvalue weighted by atomic mass is 10.0. The Kier molecular flexibility index (Phi) is 4.46. The molecule has 18 heavy (non-hydrogen) atoms. The zero-order valence-corrected chi connectivity index (χ0v) is 10.8. The summed E-state index contributed by atoms with van der Waals surface area (Å²) in [5.74, 6) is 6.70. The van der Waals surface area contributed by atoms with Crippen LogP contribution in [0.4, 0.5) is 0 Å². The second-order valence-corrected chi connectivity index (χ2v) is 4.35. The quantitative estimate of drug-likeness (QED) is 0.552. The number of aromatic nitrogens is 2. The van der Waals surface area contributed by atoms with Gasteiger partial charge in [0.1, 0.15) is 5.69 Å². The molecule has 6 nitrogen and oxygen atoms in total. The standard InChI is InChI=1S/C12H20N4O2/c1-3-18-11(8-4-5-8)9(16-13)10-12(17-2)15-7-6-14-10/h6-9,11,16H,3-5,13H2,1-2H3. The Hall–Kier alpha value is -1.24. The van der Waals surface area contributed by atoms with Crippen LogP contribution < -0.4 is 16.0 Å². The van der Waals surface area contributed by atoms with Crippen LogP contribution in [-0.2, 0) is 4.74 Å². The number of methoxy groups -OCH3 is 1. The zero-order chi connectivity index (χ0) is 13.0. The van der Waals surface area contributed by atoms with Crippen molar-refractivity contribution in [1.29, 1.82) is 0 Å². The molecule has 0 radical (unpaired) electrons. The van der Waals surface area contributed by atoms with Crippen molar-refractivity contribution in [2.24, 2.45) is 11.8 Å². The number of nitrogens with one attached hydrogen (secondary N) is 1. The van der Waals surface area contributed by atoms with Crippen molar-refractivity contribution < 1.29 is 9.47 Å². The van der Waals surface area contributed by atoms with Crippen LogP contribution in [0.3, 0.4) is 0 Å². The van der Waals surface area contributed by atoms with Crippen molar-refractivity contribution >= 4 is 0 Å². The van der Waals surface area contributed by atoms with E-state index in [1.54, 1.807) is 19.5 Å². The molecular formula is C12H20N4O2. The molecule has 3 N–H and O–H groups in total. The Morgan fingerprint density at radius 3 is 2.72 bits per heavy atom. The third-order valence-corrected chi connectivity index (χ3v) is 3.13. The maximum atomic E-state index is 5.81. The predicted molar refractivity (Wildman–Crippen MR) is 66.8 cm³/mol. The number of rotatable bonds is 7. The highest BCUT2D eigenvalue weighted by atomic mass is 16.5. The van der Waals surface area contributed by atoms with Gasteiger partial charge >= 0.3 is 0 Å². The van der Waals surface area contributed by atoms with Crippen LogP contribution >= 0.6 is 0 Å². The predicted octanol–water partition coefficient (Wildman–Crippen LogP) is 0.805. The van der Waals surface area contributed by atoms with Crippen molar-refractivity contribution in [3.8, 4) is 5.88 Å². The van der Waals surface area contributed by atoms with Crippen LogP contribution in [0.2, 0.25) is 0 Å². The van der Waals surface area contributed by atoms with E-state index in [-0.39, 0.29) is 12.1 Å². The number of hydrogen-bond donors (Lipinski definition) is 2. The first-order valence-electron chi connectivity index (χ1n) is 6.24. The van der Waals surface area contributed by atoms with Gasteiger partial charge in [0.25, 0.3) is 0 Å². The minimum absolute atomic E-state index is 0.0191. The van der Waals surface area contributed by atoms with E-state index in [0.29, 0.717) is 24.1 Å². The van der Waals surface area contributed by atoms with Crippen molar-refractivity contribution in [2.75, 3.05) is 13.7 Å². The number of hydrogen-bond acceptors (Lipinski definition) is 6. The highest BCUT2D eigenvalue weighted by Gasteiger charge is 2.39. The Morgan fingerprint density at radius 1 is 1.44 bits per heavy atom. The maximum Gasteiger partial charge on any atom is 0.237 e.